The fourth-order valence-corrected chi connectivity index (χ4v) is 2.17. The predicted molar refractivity (Wildman–Crippen MR) is 82.9 cm³/mol. The number of H-pyrrole nitrogens is 1. The van der Waals surface area contributed by atoms with Gasteiger partial charge in [-0.15, -0.1) is 0 Å². The van der Waals surface area contributed by atoms with E-state index in [-0.39, 0.29) is 0 Å². The van der Waals surface area contributed by atoms with E-state index < -0.39 is 0 Å². The maximum atomic E-state index is 5.17. The van der Waals surface area contributed by atoms with Crippen LogP contribution in [0.5, 0.6) is 5.75 Å². The molecule has 0 radical (unpaired) electrons. The number of hydrogen-bond acceptors (Lipinski definition) is 3. The van der Waals surface area contributed by atoms with Gasteiger partial charge in [0.25, 0.3) is 0 Å². The molecule has 2 aromatic carbocycles. The third-order valence-corrected chi connectivity index (χ3v) is 3.32. The van der Waals surface area contributed by atoms with Gasteiger partial charge in [0.05, 0.1) is 7.11 Å². The highest BCUT2D eigenvalue weighted by Crippen LogP contribution is 2.29. The highest BCUT2D eigenvalue weighted by Gasteiger charge is 2.14. The zero-order valence-corrected chi connectivity index (χ0v) is 11.7. The quantitative estimate of drug-likeness (QED) is 0.793. The van der Waals surface area contributed by atoms with Crippen molar-refractivity contribution in [1.29, 1.82) is 0 Å². The Kier molecular flexibility index (Phi) is 3.51. The van der Waals surface area contributed by atoms with Crippen molar-refractivity contribution in [1.82, 2.24) is 15.4 Å². The van der Waals surface area contributed by atoms with Gasteiger partial charge in [-0.3, -0.25) is 0 Å². The average molecular weight is 277 g/mol. The lowest BCUT2D eigenvalue weighted by molar-refractivity contribution is 0.415. The number of rotatable bonds is 4. The Labute approximate surface area is 123 Å². The van der Waals surface area contributed by atoms with Crippen molar-refractivity contribution in [3.8, 4) is 17.0 Å². The molecule has 0 saturated heterocycles. The van der Waals surface area contributed by atoms with Gasteiger partial charge in [0.1, 0.15) is 17.1 Å². The Hall–Kier alpha value is -2.88. The standard InChI is InChI=1S/C17H15N3O/c1-12(13-6-4-3-5-7-13)16-17(19-20-18-16)14-8-10-15(21-2)11-9-14/h3-11H,1H2,2H3,(H,18,19,20). The van der Waals surface area contributed by atoms with E-state index in [1.54, 1.807) is 7.11 Å². The van der Waals surface area contributed by atoms with Crippen molar-refractivity contribution < 1.29 is 4.74 Å². The number of hydrogen-bond donors (Lipinski definition) is 1. The van der Waals surface area contributed by atoms with Gasteiger partial charge >= 0.3 is 0 Å². The third-order valence-electron chi connectivity index (χ3n) is 3.32. The van der Waals surface area contributed by atoms with Gasteiger partial charge in [-0.25, -0.2) is 0 Å². The number of aromatic amines is 1. The van der Waals surface area contributed by atoms with Crippen LogP contribution in [0.15, 0.2) is 61.2 Å². The molecule has 4 heteroatoms. The van der Waals surface area contributed by atoms with E-state index in [9.17, 15) is 0 Å². The smallest absolute Gasteiger partial charge is 0.120 e. The number of methoxy groups -OCH3 is 1. The molecule has 0 aliphatic carbocycles. The maximum Gasteiger partial charge on any atom is 0.120 e. The molecule has 0 atom stereocenters. The highest BCUT2D eigenvalue weighted by atomic mass is 16.5. The third kappa shape index (κ3) is 2.56. The summed E-state index contributed by atoms with van der Waals surface area (Å²) in [5.74, 6) is 0.811. The Balaban J connectivity index is 1.99. The zero-order chi connectivity index (χ0) is 14.7. The minimum atomic E-state index is 0.756. The minimum Gasteiger partial charge on any atom is -0.497 e. The molecule has 0 bridgehead atoms. The van der Waals surface area contributed by atoms with Crippen LogP contribution in [0.4, 0.5) is 0 Å². The molecule has 0 unspecified atom stereocenters. The van der Waals surface area contributed by atoms with Gasteiger partial charge in [-0.1, -0.05) is 36.9 Å². The first-order chi connectivity index (χ1) is 10.3. The first-order valence-electron chi connectivity index (χ1n) is 6.59. The number of ether oxygens (including phenoxy) is 1. The molecule has 0 amide bonds. The molecule has 0 spiro atoms. The molecule has 0 aliphatic heterocycles. The van der Waals surface area contributed by atoms with Crippen LogP contribution in [0.1, 0.15) is 11.3 Å². The zero-order valence-electron chi connectivity index (χ0n) is 11.7. The van der Waals surface area contributed by atoms with E-state index in [1.807, 2.05) is 54.6 Å². The van der Waals surface area contributed by atoms with E-state index in [2.05, 4.69) is 22.0 Å². The lowest BCUT2D eigenvalue weighted by atomic mass is 10.0. The summed E-state index contributed by atoms with van der Waals surface area (Å²) < 4.78 is 5.17. The summed E-state index contributed by atoms with van der Waals surface area (Å²) in [5.41, 5.74) is 4.38. The van der Waals surface area contributed by atoms with Gasteiger partial charge in [0.2, 0.25) is 0 Å². The van der Waals surface area contributed by atoms with E-state index in [0.717, 1.165) is 33.8 Å². The molecular formula is C17H15N3O. The maximum absolute atomic E-state index is 5.17. The Morgan fingerprint density at radius 1 is 1.00 bits per heavy atom. The average Bonchev–Trinajstić information content (AvgIpc) is 3.04. The molecular weight excluding hydrogens is 262 g/mol. The van der Waals surface area contributed by atoms with Crippen molar-refractivity contribution in [2.45, 2.75) is 0 Å². The van der Waals surface area contributed by atoms with E-state index >= 15 is 0 Å². The van der Waals surface area contributed by atoms with Crippen LogP contribution in [0.3, 0.4) is 0 Å². The molecule has 0 fully saturated rings. The summed E-state index contributed by atoms with van der Waals surface area (Å²) >= 11 is 0. The molecule has 3 aromatic rings. The highest BCUT2D eigenvalue weighted by molar-refractivity contribution is 5.83. The monoisotopic (exact) mass is 277 g/mol. The van der Waals surface area contributed by atoms with E-state index in [0.29, 0.717) is 0 Å². The fraction of sp³-hybridized carbons (Fsp3) is 0.0588. The summed E-state index contributed by atoms with van der Waals surface area (Å²) in [6.07, 6.45) is 0. The summed E-state index contributed by atoms with van der Waals surface area (Å²) in [6, 6.07) is 17.7. The number of benzene rings is 2. The van der Waals surface area contributed by atoms with Crippen molar-refractivity contribution in [2.24, 2.45) is 0 Å². The van der Waals surface area contributed by atoms with Crippen LogP contribution in [-0.4, -0.2) is 22.5 Å². The number of aromatic nitrogens is 3. The molecule has 1 N–H and O–H groups in total. The fourth-order valence-electron chi connectivity index (χ4n) is 2.17. The molecule has 4 nitrogen and oxygen atoms in total. The molecule has 1 heterocycles. The molecule has 1 aromatic heterocycles. The largest absolute Gasteiger partial charge is 0.497 e. The first-order valence-corrected chi connectivity index (χ1v) is 6.59. The number of nitrogens with zero attached hydrogens (tertiary/aromatic N) is 2. The molecule has 3 rings (SSSR count). The Morgan fingerprint density at radius 2 is 1.71 bits per heavy atom. The van der Waals surface area contributed by atoms with Crippen LogP contribution >= 0.6 is 0 Å². The van der Waals surface area contributed by atoms with Gasteiger partial charge in [0, 0.05) is 11.1 Å². The lowest BCUT2D eigenvalue weighted by Crippen LogP contribution is -1.90. The normalized spacial score (nSPS) is 10.3. The second-order valence-electron chi connectivity index (χ2n) is 4.59. The molecule has 0 saturated carbocycles. The van der Waals surface area contributed by atoms with Crippen LogP contribution < -0.4 is 4.74 Å². The lowest BCUT2D eigenvalue weighted by Gasteiger charge is -2.06. The number of nitrogens with one attached hydrogen (secondary N) is 1. The summed E-state index contributed by atoms with van der Waals surface area (Å²) in [7, 11) is 1.65. The van der Waals surface area contributed by atoms with Crippen molar-refractivity contribution >= 4 is 5.57 Å². The van der Waals surface area contributed by atoms with Crippen molar-refractivity contribution in [3.05, 3.63) is 72.4 Å². The SMILES string of the molecule is C=C(c1ccccc1)c1n[nH]nc1-c1ccc(OC)cc1. The molecule has 21 heavy (non-hydrogen) atoms. The summed E-state index contributed by atoms with van der Waals surface area (Å²) in [6.45, 7) is 4.14. The summed E-state index contributed by atoms with van der Waals surface area (Å²) in [5, 5.41) is 11.2. The molecule has 104 valence electrons. The first kappa shape index (κ1) is 13.1. The van der Waals surface area contributed by atoms with Gasteiger partial charge < -0.3 is 4.74 Å². The Bertz CT molecular complexity index is 745. The van der Waals surface area contributed by atoms with Crippen LogP contribution in [-0.2, 0) is 0 Å². The van der Waals surface area contributed by atoms with E-state index in [4.69, 9.17) is 4.74 Å². The van der Waals surface area contributed by atoms with Crippen LogP contribution in [0.25, 0.3) is 16.8 Å². The van der Waals surface area contributed by atoms with Crippen LogP contribution in [0.2, 0.25) is 0 Å². The topological polar surface area (TPSA) is 50.8 Å². The van der Waals surface area contributed by atoms with Crippen molar-refractivity contribution in [3.63, 3.8) is 0 Å². The Morgan fingerprint density at radius 3 is 2.38 bits per heavy atom. The van der Waals surface area contributed by atoms with Crippen molar-refractivity contribution in [2.75, 3.05) is 7.11 Å². The van der Waals surface area contributed by atoms with Gasteiger partial charge in [0.15, 0.2) is 0 Å². The predicted octanol–water partition coefficient (Wildman–Crippen LogP) is 3.54. The molecule has 0 aliphatic rings. The van der Waals surface area contributed by atoms with Crippen LogP contribution in [0, 0.1) is 0 Å². The van der Waals surface area contributed by atoms with E-state index in [1.165, 1.54) is 0 Å². The minimum absolute atomic E-state index is 0.756. The van der Waals surface area contributed by atoms with Gasteiger partial charge in [-0.05, 0) is 29.8 Å². The summed E-state index contributed by atoms with van der Waals surface area (Å²) in [4.78, 5) is 0. The second kappa shape index (κ2) is 5.63. The van der Waals surface area contributed by atoms with Gasteiger partial charge in [-0.2, -0.15) is 15.4 Å². The second-order valence-corrected chi connectivity index (χ2v) is 4.59.